The molecule has 2 amide bonds. The summed E-state index contributed by atoms with van der Waals surface area (Å²) < 4.78 is 19.3. The summed E-state index contributed by atoms with van der Waals surface area (Å²) in [5, 5.41) is 5.58. The van der Waals surface area contributed by atoms with Crippen LogP contribution in [0.5, 0.6) is 0 Å². The number of fused-ring (bicyclic) bond motifs is 1. The van der Waals surface area contributed by atoms with Crippen molar-refractivity contribution in [3.63, 3.8) is 0 Å². The predicted octanol–water partition coefficient (Wildman–Crippen LogP) is 3.59. The fraction of sp³-hybridized carbons (Fsp3) is 0.150. The van der Waals surface area contributed by atoms with E-state index in [1.54, 1.807) is 30.3 Å². The van der Waals surface area contributed by atoms with Crippen LogP contribution in [0.2, 0.25) is 0 Å². The van der Waals surface area contributed by atoms with Crippen LogP contribution in [0.25, 0.3) is 10.1 Å². The highest BCUT2D eigenvalue weighted by Gasteiger charge is 2.15. The molecular formula is C20H17FN2O4S. The number of carbonyl (C=O) groups is 3. The van der Waals surface area contributed by atoms with Gasteiger partial charge in [0.25, 0.3) is 11.8 Å². The number of rotatable bonds is 6. The van der Waals surface area contributed by atoms with Gasteiger partial charge in [-0.25, -0.2) is 9.18 Å². The molecule has 28 heavy (non-hydrogen) atoms. The Kier molecular flexibility index (Phi) is 6.00. The normalized spacial score (nSPS) is 10.5. The third-order valence-electron chi connectivity index (χ3n) is 3.79. The average Bonchev–Trinajstić information content (AvgIpc) is 3.12. The minimum atomic E-state index is -0.702. The van der Waals surface area contributed by atoms with Gasteiger partial charge in [0, 0.05) is 27.9 Å². The van der Waals surface area contributed by atoms with Gasteiger partial charge in [-0.2, -0.15) is 0 Å². The fourth-order valence-electron chi connectivity index (χ4n) is 2.53. The molecule has 0 aliphatic heterocycles. The van der Waals surface area contributed by atoms with Gasteiger partial charge in [-0.1, -0.05) is 12.1 Å². The summed E-state index contributed by atoms with van der Waals surface area (Å²) >= 11 is 1.09. The Morgan fingerprint density at radius 3 is 2.64 bits per heavy atom. The lowest BCUT2D eigenvalue weighted by atomic mass is 10.2. The van der Waals surface area contributed by atoms with E-state index >= 15 is 0 Å². The molecule has 8 heteroatoms. The molecule has 6 nitrogen and oxygen atoms in total. The van der Waals surface area contributed by atoms with E-state index < -0.39 is 24.3 Å². The lowest BCUT2D eigenvalue weighted by molar-refractivity contribution is -0.119. The quantitative estimate of drug-likeness (QED) is 0.620. The van der Waals surface area contributed by atoms with Crippen molar-refractivity contribution in [3.8, 4) is 0 Å². The zero-order chi connectivity index (χ0) is 20.1. The number of anilines is 1. The molecule has 2 aromatic carbocycles. The van der Waals surface area contributed by atoms with Gasteiger partial charge in [-0.3, -0.25) is 9.59 Å². The number of benzene rings is 2. The van der Waals surface area contributed by atoms with E-state index in [2.05, 4.69) is 10.6 Å². The lowest BCUT2D eigenvalue weighted by Crippen LogP contribution is -2.23. The molecule has 0 fully saturated rings. The van der Waals surface area contributed by atoms with Crippen LogP contribution in [0.15, 0.2) is 48.5 Å². The summed E-state index contributed by atoms with van der Waals surface area (Å²) in [6, 6.07) is 12.4. The Hall–Kier alpha value is -3.26. The number of esters is 1. The summed E-state index contributed by atoms with van der Waals surface area (Å²) in [4.78, 5) is 36.2. The monoisotopic (exact) mass is 400 g/mol. The first-order chi connectivity index (χ1) is 13.5. The van der Waals surface area contributed by atoms with E-state index in [0.717, 1.165) is 11.3 Å². The van der Waals surface area contributed by atoms with Crippen LogP contribution in [0.1, 0.15) is 27.0 Å². The number of thiophene rings is 1. The van der Waals surface area contributed by atoms with E-state index in [4.69, 9.17) is 4.74 Å². The Bertz CT molecular complexity index is 1050. The van der Waals surface area contributed by atoms with Gasteiger partial charge < -0.3 is 15.4 Å². The van der Waals surface area contributed by atoms with Gasteiger partial charge in [0.05, 0.1) is 0 Å². The zero-order valence-corrected chi connectivity index (χ0v) is 15.8. The summed E-state index contributed by atoms with van der Waals surface area (Å²) in [6.07, 6.45) is 0. The second-order valence-electron chi connectivity index (χ2n) is 5.83. The van der Waals surface area contributed by atoms with Crippen molar-refractivity contribution in [1.29, 1.82) is 0 Å². The number of ether oxygens (including phenoxy) is 1. The maximum Gasteiger partial charge on any atom is 0.348 e. The zero-order valence-electron chi connectivity index (χ0n) is 15.0. The van der Waals surface area contributed by atoms with Crippen LogP contribution in [-0.2, 0) is 9.53 Å². The maximum absolute atomic E-state index is 13.7. The third-order valence-corrected chi connectivity index (χ3v) is 4.87. The van der Waals surface area contributed by atoms with Gasteiger partial charge in [0.2, 0.25) is 0 Å². The van der Waals surface area contributed by atoms with Crippen molar-refractivity contribution < 1.29 is 23.5 Å². The lowest BCUT2D eigenvalue weighted by Gasteiger charge is -2.08. The summed E-state index contributed by atoms with van der Waals surface area (Å²) in [7, 11) is 0. The number of halogens is 1. The molecule has 2 N–H and O–H groups in total. The standard InChI is InChI=1S/C20H17FN2O4S/c1-2-22-19(25)12-5-3-6-13(9-12)23-18(24)11-27-20(26)17-10-14-15(21)7-4-8-16(14)28-17/h3-10H,2,11H2,1H3,(H,22,25)(H,23,24). The maximum atomic E-state index is 13.7. The topological polar surface area (TPSA) is 84.5 Å². The Balaban J connectivity index is 1.59. The Labute approximate surface area is 164 Å². The molecule has 0 saturated heterocycles. The van der Waals surface area contributed by atoms with Crippen molar-refractivity contribution in [2.24, 2.45) is 0 Å². The number of nitrogens with one attached hydrogen (secondary N) is 2. The third kappa shape index (κ3) is 4.52. The molecule has 1 heterocycles. The number of hydrogen-bond donors (Lipinski definition) is 2. The highest BCUT2D eigenvalue weighted by Crippen LogP contribution is 2.28. The minimum absolute atomic E-state index is 0.214. The molecule has 0 aliphatic rings. The van der Waals surface area contributed by atoms with Crippen molar-refractivity contribution in [2.75, 3.05) is 18.5 Å². The second-order valence-corrected chi connectivity index (χ2v) is 6.91. The second kappa shape index (κ2) is 8.62. The van der Waals surface area contributed by atoms with Gasteiger partial charge in [0.1, 0.15) is 10.7 Å². The van der Waals surface area contributed by atoms with Crippen LogP contribution in [-0.4, -0.2) is 30.9 Å². The van der Waals surface area contributed by atoms with Gasteiger partial charge >= 0.3 is 5.97 Å². The smallest absolute Gasteiger partial charge is 0.348 e. The molecule has 0 bridgehead atoms. The van der Waals surface area contributed by atoms with Crippen LogP contribution in [0.3, 0.4) is 0 Å². The average molecular weight is 400 g/mol. The van der Waals surface area contributed by atoms with Crippen LogP contribution in [0, 0.1) is 5.82 Å². The molecule has 0 unspecified atom stereocenters. The summed E-state index contributed by atoms with van der Waals surface area (Å²) in [5.74, 6) is -1.92. The van der Waals surface area contributed by atoms with E-state index in [0.29, 0.717) is 27.9 Å². The van der Waals surface area contributed by atoms with Crippen LogP contribution in [0.4, 0.5) is 10.1 Å². The van der Waals surface area contributed by atoms with Crippen LogP contribution >= 0.6 is 11.3 Å². The molecule has 0 atom stereocenters. The van der Waals surface area contributed by atoms with E-state index in [-0.39, 0.29) is 10.8 Å². The molecule has 144 valence electrons. The van der Waals surface area contributed by atoms with Crippen molar-refractivity contribution in [2.45, 2.75) is 6.92 Å². The summed E-state index contributed by atoms with van der Waals surface area (Å²) in [6.45, 7) is 1.80. The van der Waals surface area contributed by atoms with Gasteiger partial charge in [-0.05, 0) is 43.3 Å². The molecule has 0 radical (unpaired) electrons. The molecule has 3 rings (SSSR count). The fourth-order valence-corrected chi connectivity index (χ4v) is 3.49. The minimum Gasteiger partial charge on any atom is -0.451 e. The molecule has 0 aliphatic carbocycles. The summed E-state index contributed by atoms with van der Waals surface area (Å²) in [5.41, 5.74) is 0.817. The van der Waals surface area contributed by atoms with E-state index in [9.17, 15) is 18.8 Å². The first-order valence-electron chi connectivity index (χ1n) is 8.51. The van der Waals surface area contributed by atoms with Crippen molar-refractivity contribution in [3.05, 3.63) is 64.8 Å². The molecule has 1 aromatic heterocycles. The molecule has 0 saturated carbocycles. The first-order valence-corrected chi connectivity index (χ1v) is 9.33. The molecule has 3 aromatic rings. The van der Waals surface area contributed by atoms with Crippen LogP contribution < -0.4 is 10.6 Å². The van der Waals surface area contributed by atoms with Crippen molar-refractivity contribution in [1.82, 2.24) is 5.32 Å². The number of amides is 2. The largest absolute Gasteiger partial charge is 0.451 e. The highest BCUT2D eigenvalue weighted by atomic mass is 32.1. The number of hydrogen-bond acceptors (Lipinski definition) is 5. The Morgan fingerprint density at radius 1 is 1.11 bits per heavy atom. The van der Waals surface area contributed by atoms with Gasteiger partial charge in [0.15, 0.2) is 6.61 Å². The predicted molar refractivity (Wildman–Crippen MR) is 105 cm³/mol. The Morgan fingerprint density at radius 2 is 1.89 bits per heavy atom. The van der Waals surface area contributed by atoms with Gasteiger partial charge in [-0.15, -0.1) is 11.3 Å². The SMILES string of the molecule is CCNC(=O)c1cccc(NC(=O)COC(=O)c2cc3c(F)cccc3s2)c1. The van der Waals surface area contributed by atoms with Crippen molar-refractivity contribution >= 4 is 44.9 Å². The van der Waals surface area contributed by atoms with E-state index in [1.807, 2.05) is 6.92 Å². The number of carbonyl (C=O) groups excluding carboxylic acids is 3. The van der Waals surface area contributed by atoms with E-state index in [1.165, 1.54) is 18.2 Å². The molecular weight excluding hydrogens is 383 g/mol. The molecule has 0 spiro atoms. The first kappa shape index (κ1) is 19.5. The highest BCUT2D eigenvalue weighted by molar-refractivity contribution is 7.20.